The average Bonchev–Trinajstić information content (AvgIpc) is 2.60. The van der Waals surface area contributed by atoms with Crippen LogP contribution in [-0.4, -0.2) is 25.7 Å². The molecule has 0 radical (unpaired) electrons. The molecule has 0 unspecified atom stereocenters. The van der Waals surface area contributed by atoms with Crippen molar-refractivity contribution in [3.8, 4) is 5.75 Å². The fourth-order valence-electron chi connectivity index (χ4n) is 2.21. The van der Waals surface area contributed by atoms with Crippen LogP contribution in [0.25, 0.3) is 0 Å². The van der Waals surface area contributed by atoms with Crippen molar-refractivity contribution in [3.63, 3.8) is 0 Å². The number of benzene rings is 2. The van der Waals surface area contributed by atoms with E-state index in [1.165, 1.54) is 5.56 Å². The summed E-state index contributed by atoms with van der Waals surface area (Å²) in [5, 5.41) is 5.65. The van der Waals surface area contributed by atoms with Gasteiger partial charge < -0.3 is 15.4 Å². The molecular weight excluding hydrogens is 288 g/mol. The minimum Gasteiger partial charge on any atom is -0.492 e. The maximum atomic E-state index is 11.6. The molecule has 0 heterocycles. The van der Waals surface area contributed by atoms with Crippen molar-refractivity contribution in [1.29, 1.82) is 0 Å². The van der Waals surface area contributed by atoms with E-state index in [1.54, 1.807) is 0 Å². The van der Waals surface area contributed by atoms with Crippen LogP contribution in [0, 0.1) is 0 Å². The van der Waals surface area contributed by atoms with Crippen LogP contribution in [0.5, 0.6) is 5.75 Å². The minimum absolute atomic E-state index is 0.138. The zero-order valence-corrected chi connectivity index (χ0v) is 13.3. The Labute approximate surface area is 137 Å². The highest BCUT2D eigenvalue weighted by Gasteiger charge is 1.99. The lowest BCUT2D eigenvalue weighted by atomic mass is 10.1. The van der Waals surface area contributed by atoms with E-state index < -0.39 is 0 Å². The summed E-state index contributed by atoms with van der Waals surface area (Å²) in [5.41, 5.74) is 1.34. The lowest BCUT2D eigenvalue weighted by Crippen LogP contribution is -2.38. The highest BCUT2D eigenvalue weighted by Crippen LogP contribution is 2.07. The van der Waals surface area contributed by atoms with Gasteiger partial charge in [-0.25, -0.2) is 4.79 Å². The number of urea groups is 1. The predicted molar refractivity (Wildman–Crippen MR) is 92.7 cm³/mol. The zero-order valence-electron chi connectivity index (χ0n) is 13.3. The number of carbonyl (C=O) groups excluding carboxylic acids is 1. The van der Waals surface area contributed by atoms with Crippen LogP contribution >= 0.6 is 0 Å². The third kappa shape index (κ3) is 7.36. The molecule has 0 aliphatic heterocycles. The van der Waals surface area contributed by atoms with Gasteiger partial charge in [0.1, 0.15) is 12.4 Å². The first kappa shape index (κ1) is 16.9. The van der Waals surface area contributed by atoms with Gasteiger partial charge in [-0.2, -0.15) is 0 Å². The quantitative estimate of drug-likeness (QED) is 0.697. The summed E-state index contributed by atoms with van der Waals surface area (Å²) in [6.07, 6.45) is 3.10. The van der Waals surface area contributed by atoms with Gasteiger partial charge in [0.05, 0.1) is 6.54 Å². The molecule has 0 spiro atoms. The monoisotopic (exact) mass is 312 g/mol. The summed E-state index contributed by atoms with van der Waals surface area (Å²) in [7, 11) is 0. The molecule has 4 heteroatoms. The van der Waals surface area contributed by atoms with Crippen molar-refractivity contribution < 1.29 is 9.53 Å². The molecule has 2 N–H and O–H groups in total. The number of rotatable bonds is 9. The topological polar surface area (TPSA) is 50.4 Å². The molecule has 23 heavy (non-hydrogen) atoms. The Kier molecular flexibility index (Phi) is 7.54. The number of nitrogens with one attached hydrogen (secondary N) is 2. The third-order valence-electron chi connectivity index (χ3n) is 3.42. The second kappa shape index (κ2) is 10.3. The second-order valence-electron chi connectivity index (χ2n) is 5.29. The molecule has 0 saturated carbocycles. The molecule has 2 amide bonds. The Hall–Kier alpha value is -2.49. The van der Waals surface area contributed by atoms with Gasteiger partial charge in [0.2, 0.25) is 0 Å². The Bertz CT molecular complexity index is 558. The van der Waals surface area contributed by atoms with Crippen LogP contribution in [0.3, 0.4) is 0 Å². The molecule has 0 aliphatic rings. The Morgan fingerprint density at radius 1 is 0.826 bits per heavy atom. The molecule has 0 bridgehead atoms. The van der Waals surface area contributed by atoms with Crippen molar-refractivity contribution >= 4 is 6.03 Å². The van der Waals surface area contributed by atoms with E-state index in [1.807, 2.05) is 36.4 Å². The number of hydrogen-bond acceptors (Lipinski definition) is 2. The second-order valence-corrected chi connectivity index (χ2v) is 5.29. The third-order valence-corrected chi connectivity index (χ3v) is 3.42. The molecule has 122 valence electrons. The lowest BCUT2D eigenvalue weighted by molar-refractivity contribution is 0.236. The highest BCUT2D eigenvalue weighted by atomic mass is 16.5. The number of para-hydroxylation sites is 1. The molecule has 0 saturated heterocycles. The highest BCUT2D eigenvalue weighted by molar-refractivity contribution is 5.73. The van der Waals surface area contributed by atoms with Crippen molar-refractivity contribution in [1.82, 2.24) is 10.6 Å². The van der Waals surface area contributed by atoms with E-state index >= 15 is 0 Å². The summed E-state index contributed by atoms with van der Waals surface area (Å²) in [5.74, 6) is 0.815. The van der Waals surface area contributed by atoms with E-state index in [0.717, 1.165) is 25.0 Å². The van der Waals surface area contributed by atoms with Gasteiger partial charge in [0.15, 0.2) is 0 Å². The maximum Gasteiger partial charge on any atom is 0.314 e. The molecule has 0 aliphatic carbocycles. The molecule has 2 aromatic rings. The smallest absolute Gasteiger partial charge is 0.314 e. The van der Waals surface area contributed by atoms with Crippen molar-refractivity contribution in [2.24, 2.45) is 0 Å². The van der Waals surface area contributed by atoms with E-state index in [4.69, 9.17) is 4.74 Å². The average molecular weight is 312 g/mol. The van der Waals surface area contributed by atoms with Gasteiger partial charge in [-0.1, -0.05) is 48.5 Å². The van der Waals surface area contributed by atoms with Gasteiger partial charge in [0, 0.05) is 6.54 Å². The van der Waals surface area contributed by atoms with Crippen LogP contribution in [0.2, 0.25) is 0 Å². The van der Waals surface area contributed by atoms with Crippen LogP contribution in [0.4, 0.5) is 4.79 Å². The van der Waals surface area contributed by atoms with E-state index in [0.29, 0.717) is 19.7 Å². The number of amides is 2. The van der Waals surface area contributed by atoms with Gasteiger partial charge in [0.25, 0.3) is 0 Å². The fraction of sp³-hybridized carbons (Fsp3) is 0.316. The van der Waals surface area contributed by atoms with Crippen LogP contribution in [-0.2, 0) is 6.42 Å². The van der Waals surface area contributed by atoms with Crippen molar-refractivity contribution in [2.45, 2.75) is 19.3 Å². The zero-order chi connectivity index (χ0) is 16.2. The number of carbonyl (C=O) groups is 1. The summed E-state index contributed by atoms with van der Waals surface area (Å²) in [4.78, 5) is 11.6. The van der Waals surface area contributed by atoms with Gasteiger partial charge in [-0.05, 0) is 37.0 Å². The van der Waals surface area contributed by atoms with Crippen molar-refractivity contribution in [3.05, 3.63) is 66.2 Å². The van der Waals surface area contributed by atoms with Gasteiger partial charge >= 0.3 is 6.03 Å². The molecule has 0 aromatic heterocycles. The molecule has 0 fully saturated rings. The summed E-state index contributed by atoms with van der Waals surface area (Å²) >= 11 is 0. The van der Waals surface area contributed by atoms with Gasteiger partial charge in [-0.3, -0.25) is 0 Å². The largest absolute Gasteiger partial charge is 0.492 e. The van der Waals surface area contributed by atoms with Gasteiger partial charge in [-0.15, -0.1) is 0 Å². The summed E-state index contributed by atoms with van der Waals surface area (Å²) in [6.45, 7) is 1.65. The first-order valence-electron chi connectivity index (χ1n) is 8.08. The molecule has 0 atom stereocenters. The Balaban J connectivity index is 1.45. The van der Waals surface area contributed by atoms with Crippen molar-refractivity contribution in [2.75, 3.05) is 19.7 Å². The Morgan fingerprint density at radius 3 is 2.22 bits per heavy atom. The molecular formula is C19H24N2O2. The first-order chi connectivity index (χ1) is 11.3. The maximum absolute atomic E-state index is 11.6. The normalized spacial score (nSPS) is 10.1. The molecule has 2 rings (SSSR count). The number of ether oxygens (including phenoxy) is 1. The summed E-state index contributed by atoms with van der Waals surface area (Å²) in [6, 6.07) is 19.8. The first-order valence-corrected chi connectivity index (χ1v) is 8.08. The predicted octanol–water partition coefficient (Wildman–Crippen LogP) is 3.39. The van der Waals surface area contributed by atoms with E-state index in [2.05, 4.69) is 34.9 Å². The minimum atomic E-state index is -0.138. The van der Waals surface area contributed by atoms with E-state index in [9.17, 15) is 4.79 Å². The fourth-order valence-corrected chi connectivity index (χ4v) is 2.21. The summed E-state index contributed by atoms with van der Waals surface area (Å²) < 4.78 is 5.51. The van der Waals surface area contributed by atoms with Crippen LogP contribution < -0.4 is 15.4 Å². The number of hydrogen-bond donors (Lipinski definition) is 2. The SMILES string of the molecule is O=C(NCCCCc1ccccc1)NCCOc1ccccc1. The number of unbranched alkanes of at least 4 members (excludes halogenated alkanes) is 1. The molecule has 2 aromatic carbocycles. The lowest BCUT2D eigenvalue weighted by Gasteiger charge is -2.09. The van der Waals surface area contributed by atoms with Crippen LogP contribution in [0.15, 0.2) is 60.7 Å². The Morgan fingerprint density at radius 2 is 1.48 bits per heavy atom. The standard InChI is InChI=1S/C19H24N2O2/c22-19(21-15-16-23-18-12-5-2-6-13-18)20-14-8-7-11-17-9-3-1-4-10-17/h1-6,9-10,12-13H,7-8,11,14-16H2,(H2,20,21,22). The molecule has 4 nitrogen and oxygen atoms in total. The number of aryl methyl sites for hydroxylation is 1. The van der Waals surface area contributed by atoms with Crippen LogP contribution in [0.1, 0.15) is 18.4 Å². The van der Waals surface area contributed by atoms with E-state index in [-0.39, 0.29) is 6.03 Å².